The largest absolute Gasteiger partial charge is 0.387 e. The van der Waals surface area contributed by atoms with Crippen LogP contribution < -0.4 is 11.0 Å². The number of rotatable bonds is 3. The van der Waals surface area contributed by atoms with Gasteiger partial charge in [-0.1, -0.05) is 6.92 Å². The summed E-state index contributed by atoms with van der Waals surface area (Å²) in [6.45, 7) is 3.04. The molecule has 7 nitrogen and oxygen atoms in total. The maximum atomic E-state index is 14.0. The van der Waals surface area contributed by atoms with Crippen LogP contribution in [0.3, 0.4) is 0 Å². The summed E-state index contributed by atoms with van der Waals surface area (Å²) in [5.74, 6) is -0.281. The van der Waals surface area contributed by atoms with E-state index in [1.807, 2.05) is 0 Å². The van der Waals surface area contributed by atoms with Crippen molar-refractivity contribution in [1.82, 2.24) is 9.55 Å². The first-order valence-electron chi connectivity index (χ1n) is 6.28. The highest BCUT2D eigenvalue weighted by Gasteiger charge is 2.44. The summed E-state index contributed by atoms with van der Waals surface area (Å²) in [6.07, 6.45) is -3.12. The highest BCUT2D eigenvalue weighted by atomic mass is 19.1. The first-order valence-corrected chi connectivity index (χ1v) is 6.28. The van der Waals surface area contributed by atoms with Crippen molar-refractivity contribution >= 4 is 11.7 Å². The zero-order chi connectivity index (χ0) is 14.9. The highest BCUT2D eigenvalue weighted by molar-refractivity contribution is 5.87. The van der Waals surface area contributed by atoms with Gasteiger partial charge in [-0.2, -0.15) is 4.98 Å². The molecule has 1 aliphatic rings. The first-order chi connectivity index (χ1) is 9.43. The Morgan fingerprint density at radius 1 is 1.65 bits per heavy atom. The van der Waals surface area contributed by atoms with Crippen molar-refractivity contribution in [3.8, 4) is 0 Å². The van der Waals surface area contributed by atoms with E-state index in [0.717, 1.165) is 4.57 Å². The average Bonchev–Trinajstić information content (AvgIpc) is 2.66. The van der Waals surface area contributed by atoms with E-state index in [4.69, 9.17) is 4.74 Å². The van der Waals surface area contributed by atoms with Crippen molar-refractivity contribution < 1.29 is 19.0 Å². The summed E-state index contributed by atoms with van der Waals surface area (Å²) >= 11 is 0. The van der Waals surface area contributed by atoms with Crippen LogP contribution in [0, 0.1) is 0 Å². The standard InChI is InChI=1S/C12H16FN3O4/c1-3-7-10(18)9(13)11(20-7)16-5-4-8(14-6(2)17)15-12(16)19/h4-5,7,9-11,18H,3H2,1-2H3,(H,14,15,17,19). The summed E-state index contributed by atoms with van der Waals surface area (Å²) in [4.78, 5) is 26.3. The van der Waals surface area contributed by atoms with Crippen molar-refractivity contribution in [1.29, 1.82) is 0 Å². The van der Waals surface area contributed by atoms with E-state index in [2.05, 4.69) is 10.3 Å². The number of hydrogen-bond acceptors (Lipinski definition) is 5. The van der Waals surface area contributed by atoms with Crippen molar-refractivity contribution in [3.05, 3.63) is 22.7 Å². The minimum absolute atomic E-state index is 0.0831. The summed E-state index contributed by atoms with van der Waals surface area (Å²) in [5, 5.41) is 12.0. The Hall–Kier alpha value is -1.80. The fourth-order valence-corrected chi connectivity index (χ4v) is 2.12. The monoisotopic (exact) mass is 285 g/mol. The van der Waals surface area contributed by atoms with Gasteiger partial charge in [0.1, 0.15) is 11.9 Å². The molecule has 1 aromatic heterocycles. The van der Waals surface area contributed by atoms with E-state index in [0.29, 0.717) is 6.42 Å². The van der Waals surface area contributed by atoms with Gasteiger partial charge in [0.05, 0.1) is 6.10 Å². The average molecular weight is 285 g/mol. The lowest BCUT2D eigenvalue weighted by molar-refractivity contribution is -0.114. The number of nitrogens with one attached hydrogen (secondary N) is 1. The molecule has 0 radical (unpaired) electrons. The normalized spacial score (nSPS) is 29.4. The molecular formula is C12H16FN3O4. The van der Waals surface area contributed by atoms with Crippen molar-refractivity contribution in [2.45, 2.75) is 44.9 Å². The third kappa shape index (κ3) is 2.70. The van der Waals surface area contributed by atoms with Crippen LogP contribution in [-0.2, 0) is 9.53 Å². The summed E-state index contributed by atoms with van der Waals surface area (Å²) in [5.41, 5.74) is -0.757. The molecule has 0 saturated carbocycles. The molecular weight excluding hydrogens is 269 g/mol. The fourth-order valence-electron chi connectivity index (χ4n) is 2.12. The molecule has 1 fully saturated rings. The SMILES string of the molecule is CCC1OC(n2ccc(NC(C)=O)nc2=O)C(F)C1O. The van der Waals surface area contributed by atoms with Gasteiger partial charge in [0.2, 0.25) is 5.91 Å². The lowest BCUT2D eigenvalue weighted by Crippen LogP contribution is -2.33. The number of carbonyl (C=O) groups excluding carboxylic acids is 1. The van der Waals surface area contributed by atoms with Crippen molar-refractivity contribution in [2.75, 3.05) is 5.32 Å². The molecule has 1 aliphatic heterocycles. The van der Waals surface area contributed by atoms with Crippen LogP contribution in [0.25, 0.3) is 0 Å². The molecule has 20 heavy (non-hydrogen) atoms. The predicted molar refractivity (Wildman–Crippen MR) is 67.9 cm³/mol. The number of nitrogens with zero attached hydrogens (tertiary/aromatic N) is 2. The van der Waals surface area contributed by atoms with E-state index >= 15 is 0 Å². The number of amides is 1. The number of hydrogen-bond donors (Lipinski definition) is 2. The number of aliphatic hydroxyl groups is 1. The van der Waals surface area contributed by atoms with Gasteiger partial charge in [0.15, 0.2) is 12.4 Å². The topological polar surface area (TPSA) is 93.5 Å². The van der Waals surface area contributed by atoms with E-state index in [9.17, 15) is 19.1 Å². The number of alkyl halides is 1. The quantitative estimate of drug-likeness (QED) is 0.828. The third-order valence-corrected chi connectivity index (χ3v) is 3.10. The molecule has 0 aliphatic carbocycles. The highest BCUT2D eigenvalue weighted by Crippen LogP contribution is 2.32. The number of carbonyl (C=O) groups is 1. The Bertz CT molecular complexity index is 562. The van der Waals surface area contributed by atoms with Gasteiger partial charge in [-0.3, -0.25) is 9.36 Å². The van der Waals surface area contributed by atoms with Gasteiger partial charge in [-0.15, -0.1) is 0 Å². The van der Waals surface area contributed by atoms with Crippen LogP contribution in [0.4, 0.5) is 10.2 Å². The minimum atomic E-state index is -1.70. The molecule has 1 saturated heterocycles. The van der Waals surface area contributed by atoms with Crippen LogP contribution in [0.5, 0.6) is 0 Å². The molecule has 0 aromatic carbocycles. The predicted octanol–water partition coefficient (Wildman–Crippen LogP) is 0.208. The Morgan fingerprint density at radius 2 is 2.35 bits per heavy atom. The van der Waals surface area contributed by atoms with Crippen molar-refractivity contribution in [3.63, 3.8) is 0 Å². The van der Waals surface area contributed by atoms with Crippen LogP contribution in [0.1, 0.15) is 26.5 Å². The molecule has 2 rings (SSSR count). The summed E-state index contributed by atoms with van der Waals surface area (Å²) in [7, 11) is 0. The van der Waals surface area contributed by atoms with Gasteiger partial charge in [-0.05, 0) is 12.5 Å². The number of ether oxygens (including phenoxy) is 1. The third-order valence-electron chi connectivity index (χ3n) is 3.10. The Kier molecular flexibility index (Phi) is 4.15. The molecule has 2 heterocycles. The second-order valence-electron chi connectivity index (χ2n) is 4.59. The maximum Gasteiger partial charge on any atom is 0.351 e. The molecule has 4 unspecified atom stereocenters. The van der Waals surface area contributed by atoms with Crippen LogP contribution >= 0.6 is 0 Å². The molecule has 2 N–H and O–H groups in total. The van der Waals surface area contributed by atoms with Crippen LogP contribution in [0.15, 0.2) is 17.1 Å². The number of anilines is 1. The van der Waals surface area contributed by atoms with E-state index in [1.54, 1.807) is 6.92 Å². The maximum absolute atomic E-state index is 14.0. The molecule has 1 aromatic rings. The van der Waals surface area contributed by atoms with E-state index in [1.165, 1.54) is 19.2 Å². The molecule has 0 spiro atoms. The number of aliphatic hydroxyl groups excluding tert-OH is 1. The van der Waals surface area contributed by atoms with Gasteiger partial charge < -0.3 is 15.2 Å². The number of aromatic nitrogens is 2. The van der Waals surface area contributed by atoms with Gasteiger partial charge in [-0.25, -0.2) is 9.18 Å². The molecule has 1 amide bonds. The van der Waals surface area contributed by atoms with Crippen LogP contribution in [-0.4, -0.2) is 38.9 Å². The fraction of sp³-hybridized carbons (Fsp3) is 0.583. The second kappa shape index (κ2) is 5.68. The second-order valence-corrected chi connectivity index (χ2v) is 4.59. The summed E-state index contributed by atoms with van der Waals surface area (Å²) in [6, 6.07) is 1.37. The Morgan fingerprint density at radius 3 is 2.85 bits per heavy atom. The van der Waals surface area contributed by atoms with Crippen molar-refractivity contribution in [2.24, 2.45) is 0 Å². The Labute approximate surface area is 114 Å². The van der Waals surface area contributed by atoms with E-state index in [-0.39, 0.29) is 11.7 Å². The minimum Gasteiger partial charge on any atom is -0.387 e. The zero-order valence-electron chi connectivity index (χ0n) is 11.1. The Balaban J connectivity index is 2.26. The molecule has 8 heteroatoms. The summed E-state index contributed by atoms with van der Waals surface area (Å²) < 4.78 is 20.3. The zero-order valence-corrected chi connectivity index (χ0v) is 11.1. The van der Waals surface area contributed by atoms with Gasteiger partial charge >= 0.3 is 5.69 Å². The van der Waals surface area contributed by atoms with E-state index < -0.39 is 30.3 Å². The molecule has 110 valence electrons. The lowest BCUT2D eigenvalue weighted by Gasteiger charge is -2.15. The first kappa shape index (κ1) is 14.6. The van der Waals surface area contributed by atoms with Gasteiger partial charge in [0, 0.05) is 13.1 Å². The number of halogens is 1. The smallest absolute Gasteiger partial charge is 0.351 e. The van der Waals surface area contributed by atoms with Gasteiger partial charge in [0.25, 0.3) is 0 Å². The van der Waals surface area contributed by atoms with Crippen LogP contribution in [0.2, 0.25) is 0 Å². The molecule has 4 atom stereocenters. The molecule has 0 bridgehead atoms. The lowest BCUT2D eigenvalue weighted by atomic mass is 10.1.